The summed E-state index contributed by atoms with van der Waals surface area (Å²) in [6, 6.07) is 106. The van der Waals surface area contributed by atoms with Crippen molar-refractivity contribution in [3.8, 4) is 62.0 Å². The number of aromatic nitrogens is 2. The second-order valence-electron chi connectivity index (χ2n) is 29.9. The SMILES string of the molecule is [C-]#[N+]c1ccc2c(c1)c1ccccc1n2-c1ccc2c(c1)N(c1c(-c3ccccc3)cc(C(C)(C)C)cc1-c1ccccc1)c1cc(C(C)(C)C)cc3c1B2c1ccc(-n2c4ccccc4c4cc(C#N)ccc42)cc1N3c1c(-c2ccccc2)cc(C(C)(C)C)cc1-c1ccccc1. The second kappa shape index (κ2) is 22.9. The fourth-order valence-electron chi connectivity index (χ4n) is 15.8. The molecule has 0 radical (unpaired) electrons. The summed E-state index contributed by atoms with van der Waals surface area (Å²) in [5, 5.41) is 14.6. The van der Waals surface area contributed by atoms with Gasteiger partial charge in [0.05, 0.1) is 51.6 Å². The van der Waals surface area contributed by atoms with E-state index in [-0.39, 0.29) is 23.0 Å². The average molecular weight is 1270 g/mol. The molecule has 99 heavy (non-hydrogen) atoms. The van der Waals surface area contributed by atoms with E-state index in [4.69, 9.17) is 6.57 Å². The number of rotatable bonds is 8. The van der Waals surface area contributed by atoms with Crippen molar-refractivity contribution in [3.63, 3.8) is 0 Å². The first-order valence-electron chi connectivity index (χ1n) is 34.4. The van der Waals surface area contributed by atoms with Gasteiger partial charge in [-0.3, -0.25) is 0 Å². The van der Waals surface area contributed by atoms with E-state index in [1.807, 2.05) is 18.2 Å². The normalized spacial score (nSPS) is 12.8. The lowest BCUT2D eigenvalue weighted by molar-refractivity contribution is 0.590. The van der Waals surface area contributed by atoms with Crippen LogP contribution in [-0.2, 0) is 16.2 Å². The van der Waals surface area contributed by atoms with E-state index in [1.165, 1.54) is 33.1 Å². The van der Waals surface area contributed by atoms with Crippen LogP contribution in [0.25, 0.3) is 104 Å². The van der Waals surface area contributed by atoms with Crippen molar-refractivity contribution < 1.29 is 0 Å². The summed E-state index contributed by atoms with van der Waals surface area (Å²) in [5.41, 5.74) is 29.5. The first-order valence-corrected chi connectivity index (χ1v) is 34.4. The molecule has 4 heterocycles. The highest BCUT2D eigenvalue weighted by molar-refractivity contribution is 7.00. The van der Waals surface area contributed by atoms with Crippen molar-refractivity contribution in [2.24, 2.45) is 0 Å². The second-order valence-corrected chi connectivity index (χ2v) is 29.9. The first kappa shape index (κ1) is 60.7. The van der Waals surface area contributed by atoms with Crippen LogP contribution in [0.1, 0.15) is 84.6 Å². The Kier molecular flexibility index (Phi) is 14.0. The zero-order valence-electron chi connectivity index (χ0n) is 57.3. The highest BCUT2D eigenvalue weighted by Crippen LogP contribution is 2.56. The molecule has 2 aliphatic rings. The molecule has 474 valence electrons. The molecule has 0 spiro atoms. The Hall–Kier alpha value is -11.9. The van der Waals surface area contributed by atoms with Crippen LogP contribution in [-0.4, -0.2) is 15.8 Å². The zero-order valence-corrected chi connectivity index (χ0v) is 57.3. The van der Waals surface area contributed by atoms with Gasteiger partial charge in [0, 0.05) is 72.5 Å². The van der Waals surface area contributed by atoms with Crippen molar-refractivity contribution in [1.82, 2.24) is 9.13 Å². The number of hydrogen-bond acceptors (Lipinski definition) is 3. The molecule has 0 saturated heterocycles. The van der Waals surface area contributed by atoms with Crippen LogP contribution in [0.15, 0.2) is 279 Å². The third kappa shape index (κ3) is 9.89. The van der Waals surface area contributed by atoms with Crippen molar-refractivity contribution in [2.45, 2.75) is 78.6 Å². The summed E-state index contributed by atoms with van der Waals surface area (Å²) in [6.07, 6.45) is 0. The quantitative estimate of drug-likeness (QED) is 0.112. The molecule has 0 aliphatic carbocycles. The lowest BCUT2D eigenvalue weighted by atomic mass is 9.33. The fraction of sp³-hybridized carbons (Fsp3) is 0.130. The molecule has 2 aliphatic heterocycles. The van der Waals surface area contributed by atoms with Gasteiger partial charge in [-0.2, -0.15) is 5.26 Å². The van der Waals surface area contributed by atoms with Gasteiger partial charge in [-0.15, -0.1) is 0 Å². The molecule has 0 N–H and O–H groups in total. The summed E-state index contributed by atoms with van der Waals surface area (Å²) in [4.78, 5) is 9.29. The van der Waals surface area contributed by atoms with Gasteiger partial charge in [0.1, 0.15) is 0 Å². The summed E-state index contributed by atoms with van der Waals surface area (Å²) < 4.78 is 4.82. The van der Waals surface area contributed by atoms with E-state index in [0.717, 1.165) is 134 Å². The minimum absolute atomic E-state index is 0.212. The van der Waals surface area contributed by atoms with E-state index >= 15 is 0 Å². The Morgan fingerprint density at radius 1 is 0.343 bits per heavy atom. The van der Waals surface area contributed by atoms with Gasteiger partial charge in [0.25, 0.3) is 6.71 Å². The van der Waals surface area contributed by atoms with Gasteiger partial charge >= 0.3 is 0 Å². The third-order valence-corrected chi connectivity index (χ3v) is 20.7. The predicted octanol–water partition coefficient (Wildman–Crippen LogP) is 22.9. The molecule has 13 aromatic carbocycles. The molecule has 0 unspecified atom stereocenters. The summed E-state index contributed by atoms with van der Waals surface area (Å²) in [6.45, 7) is 29.0. The molecular formula is C92H73BN6. The van der Waals surface area contributed by atoms with Crippen LogP contribution >= 0.6 is 0 Å². The lowest BCUT2D eigenvalue weighted by Gasteiger charge is -2.47. The molecule has 0 bridgehead atoms. The Morgan fingerprint density at radius 2 is 0.697 bits per heavy atom. The molecule has 7 heteroatoms. The van der Waals surface area contributed by atoms with E-state index in [9.17, 15) is 5.26 Å². The Morgan fingerprint density at radius 3 is 1.08 bits per heavy atom. The number of fused-ring (bicyclic) bond motifs is 10. The Bertz CT molecular complexity index is 5410. The standard InChI is InChI=1S/C92H73BN6/c1-90(2,3)63-48-71(59-27-15-11-16-28-59)88(72(49-63)60-29-17-12-18-30-60)98-83-55-67(96-79-37-25-23-35-69(79)75-47-58(57-94)39-45-81(75)96)41-43-77(83)93-78-44-42-68(97-80-38-26-24-36-70(80)76-54-66(95-10)40-46-82(76)97)56-84(78)99(86-53-65(92(7,8)9)52-85(98)87(86)93)89-73(61-31-19-13-20-32-61)50-64(91(4,5)6)51-74(89)62-33-21-14-22-34-62/h11-56H,1-9H3. The highest BCUT2D eigenvalue weighted by Gasteiger charge is 2.47. The van der Waals surface area contributed by atoms with Crippen molar-refractivity contribution in [2.75, 3.05) is 9.80 Å². The molecule has 6 nitrogen and oxygen atoms in total. The van der Waals surface area contributed by atoms with E-state index in [0.29, 0.717) is 11.3 Å². The van der Waals surface area contributed by atoms with Gasteiger partial charge in [-0.25, -0.2) is 4.85 Å². The lowest BCUT2D eigenvalue weighted by Crippen LogP contribution is -2.61. The number of anilines is 6. The molecule has 15 aromatic rings. The van der Waals surface area contributed by atoms with Gasteiger partial charge in [-0.1, -0.05) is 238 Å². The number of nitriles is 1. The minimum atomic E-state index is -0.359. The maximum absolute atomic E-state index is 10.4. The smallest absolute Gasteiger partial charge is 0.252 e. The molecule has 0 fully saturated rings. The fourth-order valence-corrected chi connectivity index (χ4v) is 15.8. The van der Waals surface area contributed by atoms with Crippen LogP contribution in [0.3, 0.4) is 0 Å². The summed E-state index contributed by atoms with van der Waals surface area (Å²) in [7, 11) is 0. The average Bonchev–Trinajstić information content (AvgIpc) is 1.50. The highest BCUT2D eigenvalue weighted by atomic mass is 15.2. The summed E-state index contributed by atoms with van der Waals surface area (Å²) >= 11 is 0. The molecular weight excluding hydrogens is 1200 g/mol. The van der Waals surface area contributed by atoms with Crippen LogP contribution in [0.4, 0.5) is 39.8 Å². The largest absolute Gasteiger partial charge is 0.310 e. The number of nitrogens with zero attached hydrogens (tertiary/aromatic N) is 6. The molecule has 0 atom stereocenters. The van der Waals surface area contributed by atoms with Gasteiger partial charge < -0.3 is 18.9 Å². The van der Waals surface area contributed by atoms with E-state index in [2.05, 4.69) is 353 Å². The summed E-state index contributed by atoms with van der Waals surface area (Å²) in [5.74, 6) is 0. The number of para-hydroxylation sites is 2. The monoisotopic (exact) mass is 1270 g/mol. The first-order chi connectivity index (χ1) is 47.9. The van der Waals surface area contributed by atoms with Crippen molar-refractivity contribution in [3.05, 3.63) is 313 Å². The molecule has 2 aromatic heterocycles. The maximum atomic E-state index is 10.4. The van der Waals surface area contributed by atoms with Gasteiger partial charge in [0.2, 0.25) is 0 Å². The van der Waals surface area contributed by atoms with Crippen LogP contribution in [0.5, 0.6) is 0 Å². The molecule has 0 amide bonds. The van der Waals surface area contributed by atoms with Crippen molar-refractivity contribution >= 4 is 107 Å². The Balaban J connectivity index is 1.07. The van der Waals surface area contributed by atoms with Gasteiger partial charge in [0.15, 0.2) is 5.69 Å². The topological polar surface area (TPSA) is 44.5 Å². The third-order valence-electron chi connectivity index (χ3n) is 20.7. The van der Waals surface area contributed by atoms with Crippen LogP contribution in [0, 0.1) is 17.9 Å². The number of benzene rings is 13. The van der Waals surface area contributed by atoms with E-state index < -0.39 is 0 Å². The van der Waals surface area contributed by atoms with Crippen LogP contribution < -0.4 is 26.2 Å². The van der Waals surface area contributed by atoms with Crippen LogP contribution in [0.2, 0.25) is 0 Å². The van der Waals surface area contributed by atoms with Crippen molar-refractivity contribution in [1.29, 1.82) is 5.26 Å². The minimum Gasteiger partial charge on any atom is -0.310 e. The Labute approximate surface area is 580 Å². The predicted molar refractivity (Wildman–Crippen MR) is 418 cm³/mol. The molecule has 0 saturated carbocycles. The maximum Gasteiger partial charge on any atom is 0.252 e. The van der Waals surface area contributed by atoms with Gasteiger partial charge in [-0.05, 0) is 180 Å². The molecule has 17 rings (SSSR count). The zero-order chi connectivity index (χ0) is 67.8. The number of hydrogen-bond donors (Lipinski definition) is 0. The van der Waals surface area contributed by atoms with E-state index in [1.54, 1.807) is 0 Å².